The van der Waals surface area contributed by atoms with E-state index in [1.54, 1.807) is 19.2 Å². The van der Waals surface area contributed by atoms with Crippen molar-refractivity contribution in [1.82, 2.24) is 0 Å². The van der Waals surface area contributed by atoms with E-state index in [1.165, 1.54) is 0 Å². The second-order valence-corrected chi connectivity index (χ2v) is 5.53. The molecule has 0 bridgehead atoms. The average molecular weight is 304 g/mol. The number of aromatic hydroxyl groups is 1. The van der Waals surface area contributed by atoms with Gasteiger partial charge in [0.2, 0.25) is 0 Å². The largest absolute Gasteiger partial charge is 0.506 e. The minimum absolute atomic E-state index is 0.0670. The van der Waals surface area contributed by atoms with Crippen LogP contribution in [-0.2, 0) is 0 Å². The van der Waals surface area contributed by atoms with E-state index in [0.29, 0.717) is 15.8 Å². The molecular weight excluding hydrogens is 286 g/mol. The summed E-state index contributed by atoms with van der Waals surface area (Å²) in [6.07, 6.45) is 0. The normalized spacial score (nSPS) is 13.5. The SMILES string of the molecule is COc1cc(Br)c(O)c([C@H](N)C(C)(C)CO)c1. The van der Waals surface area contributed by atoms with Crippen molar-refractivity contribution in [3.05, 3.63) is 22.2 Å². The maximum absolute atomic E-state index is 9.98. The van der Waals surface area contributed by atoms with Crippen molar-refractivity contribution in [2.75, 3.05) is 13.7 Å². The van der Waals surface area contributed by atoms with Crippen LogP contribution in [0.2, 0.25) is 0 Å². The molecule has 1 aromatic rings. The molecule has 0 amide bonds. The summed E-state index contributed by atoms with van der Waals surface area (Å²) in [5.74, 6) is 0.689. The molecule has 0 saturated carbocycles. The zero-order chi connectivity index (χ0) is 13.2. The fraction of sp³-hybridized carbons (Fsp3) is 0.500. The van der Waals surface area contributed by atoms with Crippen LogP contribution in [0.5, 0.6) is 11.5 Å². The van der Waals surface area contributed by atoms with Gasteiger partial charge in [0.25, 0.3) is 0 Å². The van der Waals surface area contributed by atoms with Gasteiger partial charge >= 0.3 is 0 Å². The maximum Gasteiger partial charge on any atom is 0.134 e. The molecule has 0 unspecified atom stereocenters. The second kappa shape index (κ2) is 5.25. The zero-order valence-electron chi connectivity index (χ0n) is 10.2. The number of methoxy groups -OCH3 is 1. The van der Waals surface area contributed by atoms with Crippen molar-refractivity contribution in [2.24, 2.45) is 11.1 Å². The van der Waals surface area contributed by atoms with Gasteiger partial charge in [-0.25, -0.2) is 0 Å². The lowest BCUT2D eigenvalue weighted by Crippen LogP contribution is -2.32. The molecule has 0 spiro atoms. The molecule has 5 heteroatoms. The van der Waals surface area contributed by atoms with Crippen LogP contribution < -0.4 is 10.5 Å². The van der Waals surface area contributed by atoms with Crippen LogP contribution in [0.1, 0.15) is 25.5 Å². The third-order valence-electron chi connectivity index (χ3n) is 2.89. The Bertz CT molecular complexity index is 407. The monoisotopic (exact) mass is 303 g/mol. The zero-order valence-corrected chi connectivity index (χ0v) is 11.8. The van der Waals surface area contributed by atoms with Gasteiger partial charge in [-0.2, -0.15) is 0 Å². The van der Waals surface area contributed by atoms with Crippen LogP contribution >= 0.6 is 15.9 Å². The van der Waals surface area contributed by atoms with Gasteiger partial charge in [0.15, 0.2) is 0 Å². The molecule has 1 rings (SSSR count). The first-order valence-corrected chi connectivity index (χ1v) is 6.05. The minimum Gasteiger partial charge on any atom is -0.506 e. The van der Waals surface area contributed by atoms with E-state index >= 15 is 0 Å². The first kappa shape index (κ1) is 14.3. The fourth-order valence-electron chi connectivity index (χ4n) is 1.47. The average Bonchev–Trinajstić information content (AvgIpc) is 2.31. The summed E-state index contributed by atoms with van der Waals surface area (Å²) >= 11 is 3.25. The van der Waals surface area contributed by atoms with Crippen LogP contribution in [-0.4, -0.2) is 23.9 Å². The molecule has 0 fully saturated rings. The first-order valence-electron chi connectivity index (χ1n) is 5.26. The number of ether oxygens (including phenoxy) is 1. The van der Waals surface area contributed by atoms with Crippen LogP contribution in [0.4, 0.5) is 0 Å². The number of aliphatic hydroxyl groups is 1. The Kier molecular flexibility index (Phi) is 4.41. The van der Waals surface area contributed by atoms with E-state index in [9.17, 15) is 10.2 Å². The summed E-state index contributed by atoms with van der Waals surface area (Å²) in [6, 6.07) is 2.86. The lowest BCUT2D eigenvalue weighted by molar-refractivity contribution is 0.131. The van der Waals surface area contributed by atoms with Crippen molar-refractivity contribution in [3.8, 4) is 11.5 Å². The Morgan fingerprint density at radius 2 is 2.06 bits per heavy atom. The predicted octanol–water partition coefficient (Wildman–Crippen LogP) is 2.18. The molecule has 0 aliphatic carbocycles. The molecule has 96 valence electrons. The van der Waals surface area contributed by atoms with Gasteiger partial charge in [-0.15, -0.1) is 0 Å². The van der Waals surface area contributed by atoms with Gasteiger partial charge in [0.05, 0.1) is 11.6 Å². The number of hydrogen-bond acceptors (Lipinski definition) is 4. The number of halogens is 1. The summed E-state index contributed by atoms with van der Waals surface area (Å²) < 4.78 is 5.65. The molecule has 17 heavy (non-hydrogen) atoms. The molecule has 0 aliphatic rings. The van der Waals surface area contributed by atoms with Crippen molar-refractivity contribution in [2.45, 2.75) is 19.9 Å². The van der Waals surface area contributed by atoms with E-state index < -0.39 is 11.5 Å². The van der Waals surface area contributed by atoms with Crippen molar-refractivity contribution in [3.63, 3.8) is 0 Å². The molecule has 0 saturated heterocycles. The molecule has 1 aromatic carbocycles. The number of benzene rings is 1. The van der Waals surface area contributed by atoms with E-state index in [1.807, 2.05) is 13.8 Å². The van der Waals surface area contributed by atoms with Crippen LogP contribution in [0, 0.1) is 5.41 Å². The first-order chi connectivity index (χ1) is 7.83. The summed E-state index contributed by atoms with van der Waals surface area (Å²) in [5, 5.41) is 19.3. The number of aliphatic hydroxyl groups excluding tert-OH is 1. The summed E-state index contributed by atoms with van der Waals surface area (Å²) in [5.41, 5.74) is 6.11. The third kappa shape index (κ3) is 2.91. The van der Waals surface area contributed by atoms with E-state index in [4.69, 9.17) is 10.5 Å². The van der Waals surface area contributed by atoms with Gasteiger partial charge in [-0.1, -0.05) is 13.8 Å². The lowest BCUT2D eigenvalue weighted by Gasteiger charge is -2.30. The standard InChI is InChI=1S/C12H18BrNO3/c1-12(2,6-15)11(14)8-4-7(17-3)5-9(13)10(8)16/h4-5,11,15-16H,6,14H2,1-3H3/t11-/m0/s1. The number of rotatable bonds is 4. The number of phenols is 1. The van der Waals surface area contributed by atoms with Crippen molar-refractivity contribution < 1.29 is 14.9 Å². The molecule has 4 N–H and O–H groups in total. The highest BCUT2D eigenvalue weighted by atomic mass is 79.9. The van der Waals surface area contributed by atoms with Crippen LogP contribution in [0.3, 0.4) is 0 Å². The quantitative estimate of drug-likeness (QED) is 0.797. The molecule has 0 heterocycles. The topological polar surface area (TPSA) is 75.7 Å². The van der Waals surface area contributed by atoms with Gasteiger partial charge < -0.3 is 20.7 Å². The van der Waals surface area contributed by atoms with Gasteiger partial charge in [-0.3, -0.25) is 0 Å². The second-order valence-electron chi connectivity index (χ2n) is 4.67. The molecule has 0 aromatic heterocycles. The van der Waals surface area contributed by atoms with E-state index in [2.05, 4.69) is 15.9 Å². The van der Waals surface area contributed by atoms with E-state index in [0.717, 1.165) is 0 Å². The fourth-order valence-corrected chi connectivity index (χ4v) is 1.92. The number of hydrogen-bond donors (Lipinski definition) is 3. The highest BCUT2D eigenvalue weighted by Gasteiger charge is 2.30. The lowest BCUT2D eigenvalue weighted by atomic mass is 9.81. The smallest absolute Gasteiger partial charge is 0.134 e. The summed E-state index contributed by atoms with van der Waals surface area (Å²) in [7, 11) is 1.55. The number of phenolic OH excluding ortho intramolecular Hbond substituents is 1. The molecule has 0 aliphatic heterocycles. The Balaban J connectivity index is 3.25. The molecule has 0 radical (unpaired) electrons. The Morgan fingerprint density at radius 1 is 1.47 bits per heavy atom. The Labute approximate surface area is 110 Å². The third-order valence-corrected chi connectivity index (χ3v) is 3.49. The minimum atomic E-state index is -0.525. The molecular formula is C12H18BrNO3. The Hall–Kier alpha value is -0.780. The maximum atomic E-state index is 9.98. The Morgan fingerprint density at radius 3 is 2.53 bits per heavy atom. The summed E-state index contributed by atoms with van der Waals surface area (Å²) in [4.78, 5) is 0. The van der Waals surface area contributed by atoms with Crippen molar-refractivity contribution in [1.29, 1.82) is 0 Å². The van der Waals surface area contributed by atoms with Gasteiger partial charge in [0.1, 0.15) is 11.5 Å². The highest BCUT2D eigenvalue weighted by molar-refractivity contribution is 9.10. The molecule has 1 atom stereocenters. The van der Waals surface area contributed by atoms with Crippen molar-refractivity contribution >= 4 is 15.9 Å². The summed E-state index contributed by atoms with van der Waals surface area (Å²) in [6.45, 7) is 3.61. The van der Waals surface area contributed by atoms with Crippen LogP contribution in [0.25, 0.3) is 0 Å². The highest BCUT2D eigenvalue weighted by Crippen LogP contribution is 2.41. The predicted molar refractivity (Wildman–Crippen MR) is 70.2 cm³/mol. The van der Waals surface area contributed by atoms with Crippen LogP contribution in [0.15, 0.2) is 16.6 Å². The van der Waals surface area contributed by atoms with Gasteiger partial charge in [0, 0.05) is 23.6 Å². The molecule has 4 nitrogen and oxygen atoms in total. The van der Waals surface area contributed by atoms with Gasteiger partial charge in [-0.05, 0) is 28.1 Å². The van der Waals surface area contributed by atoms with E-state index in [-0.39, 0.29) is 12.4 Å². The number of nitrogens with two attached hydrogens (primary N) is 1.